The van der Waals surface area contributed by atoms with E-state index >= 15 is 0 Å². The zero-order chi connectivity index (χ0) is 13.0. The maximum atomic E-state index is 11.0. The number of thiophene rings is 1. The van der Waals surface area contributed by atoms with Crippen LogP contribution in [0.4, 0.5) is 5.69 Å². The summed E-state index contributed by atoms with van der Waals surface area (Å²) in [6, 6.07) is 3.41. The summed E-state index contributed by atoms with van der Waals surface area (Å²) in [4.78, 5) is 14.7. The van der Waals surface area contributed by atoms with Gasteiger partial charge in [-0.05, 0) is 28.5 Å². The topological polar surface area (TPSA) is 82.5 Å². The second kappa shape index (κ2) is 5.61. The Balaban J connectivity index is 2.04. The zero-order valence-corrected chi connectivity index (χ0v) is 10.2. The first kappa shape index (κ1) is 12.5. The van der Waals surface area contributed by atoms with Crippen molar-refractivity contribution in [1.82, 2.24) is 4.98 Å². The van der Waals surface area contributed by atoms with E-state index in [1.54, 1.807) is 6.07 Å². The molecular weight excluding hydrogens is 252 g/mol. The number of carboxylic acids is 1. The minimum absolute atomic E-state index is 0.0926. The summed E-state index contributed by atoms with van der Waals surface area (Å²) in [7, 11) is 0. The van der Waals surface area contributed by atoms with E-state index < -0.39 is 12.1 Å². The molecule has 2 heterocycles. The Bertz CT molecular complexity index is 528. The number of rotatable bonds is 5. The molecule has 0 aliphatic carbocycles. The van der Waals surface area contributed by atoms with E-state index in [4.69, 9.17) is 5.11 Å². The highest BCUT2D eigenvalue weighted by atomic mass is 32.1. The van der Waals surface area contributed by atoms with E-state index in [1.807, 2.05) is 16.8 Å². The first-order valence-electron chi connectivity index (χ1n) is 5.30. The molecule has 0 aromatic carbocycles. The predicted octanol–water partition coefficient (Wildman–Crippen LogP) is 1.99. The van der Waals surface area contributed by atoms with Crippen LogP contribution in [0.2, 0.25) is 0 Å². The fourth-order valence-corrected chi connectivity index (χ4v) is 2.22. The number of aliphatic hydroxyl groups excluding tert-OH is 1. The molecule has 0 saturated carbocycles. The van der Waals surface area contributed by atoms with E-state index in [2.05, 4.69) is 10.3 Å². The number of aliphatic hydroxyl groups is 1. The largest absolute Gasteiger partial charge is 0.478 e. The average molecular weight is 264 g/mol. The summed E-state index contributed by atoms with van der Waals surface area (Å²) in [6.07, 6.45) is 2.12. The molecule has 1 unspecified atom stereocenters. The van der Waals surface area contributed by atoms with E-state index in [9.17, 15) is 9.90 Å². The molecule has 3 N–H and O–H groups in total. The summed E-state index contributed by atoms with van der Waals surface area (Å²) in [5.74, 6) is -1.05. The van der Waals surface area contributed by atoms with Crippen LogP contribution >= 0.6 is 11.3 Å². The van der Waals surface area contributed by atoms with Gasteiger partial charge >= 0.3 is 5.97 Å². The van der Waals surface area contributed by atoms with Gasteiger partial charge in [-0.25, -0.2) is 4.79 Å². The maximum Gasteiger partial charge on any atom is 0.339 e. The molecule has 0 spiro atoms. The van der Waals surface area contributed by atoms with E-state index in [-0.39, 0.29) is 12.1 Å². The highest BCUT2D eigenvalue weighted by Gasteiger charge is 2.12. The number of anilines is 1. The van der Waals surface area contributed by atoms with Crippen molar-refractivity contribution in [3.05, 3.63) is 46.4 Å². The van der Waals surface area contributed by atoms with Gasteiger partial charge in [0.15, 0.2) is 0 Å². The van der Waals surface area contributed by atoms with Gasteiger partial charge in [-0.2, -0.15) is 11.3 Å². The Morgan fingerprint density at radius 3 is 3.00 bits per heavy atom. The molecule has 0 aliphatic rings. The minimum Gasteiger partial charge on any atom is -0.478 e. The molecule has 2 aromatic heterocycles. The van der Waals surface area contributed by atoms with Crippen LogP contribution in [0.15, 0.2) is 35.3 Å². The van der Waals surface area contributed by atoms with Crippen molar-refractivity contribution in [3.63, 3.8) is 0 Å². The quantitative estimate of drug-likeness (QED) is 0.769. The van der Waals surface area contributed by atoms with E-state index in [1.165, 1.54) is 23.7 Å². The Hall–Kier alpha value is -1.92. The molecule has 0 bridgehead atoms. The molecule has 2 aromatic rings. The van der Waals surface area contributed by atoms with Gasteiger partial charge in [0.1, 0.15) is 5.56 Å². The van der Waals surface area contributed by atoms with Crippen LogP contribution in [0, 0.1) is 0 Å². The Morgan fingerprint density at radius 1 is 1.50 bits per heavy atom. The van der Waals surface area contributed by atoms with Gasteiger partial charge in [-0.1, -0.05) is 0 Å². The molecule has 0 fully saturated rings. The molecule has 0 radical (unpaired) electrons. The monoisotopic (exact) mass is 264 g/mol. The van der Waals surface area contributed by atoms with Crippen molar-refractivity contribution in [2.45, 2.75) is 6.10 Å². The molecule has 5 nitrogen and oxygen atoms in total. The van der Waals surface area contributed by atoms with E-state index in [0.29, 0.717) is 5.69 Å². The molecule has 2 rings (SSSR count). The SMILES string of the molecule is O=C(O)c1cnccc1NCC(O)c1ccsc1. The van der Waals surface area contributed by atoms with Crippen LogP contribution in [-0.2, 0) is 0 Å². The minimum atomic E-state index is -1.05. The van der Waals surface area contributed by atoms with E-state index in [0.717, 1.165) is 5.56 Å². The number of hydrogen-bond acceptors (Lipinski definition) is 5. The van der Waals surface area contributed by atoms with Gasteiger partial charge < -0.3 is 15.5 Å². The normalized spacial score (nSPS) is 12.1. The molecular formula is C12H12N2O3S. The van der Waals surface area contributed by atoms with Crippen LogP contribution in [0.5, 0.6) is 0 Å². The second-order valence-electron chi connectivity index (χ2n) is 3.68. The van der Waals surface area contributed by atoms with Crippen molar-refractivity contribution < 1.29 is 15.0 Å². The van der Waals surface area contributed by atoms with Gasteiger partial charge in [-0.15, -0.1) is 0 Å². The third kappa shape index (κ3) is 2.85. The van der Waals surface area contributed by atoms with Crippen LogP contribution in [0.1, 0.15) is 22.0 Å². The summed E-state index contributed by atoms with van der Waals surface area (Å²) in [5, 5.41) is 25.5. The van der Waals surface area contributed by atoms with Crippen LogP contribution in [0.25, 0.3) is 0 Å². The van der Waals surface area contributed by atoms with Crippen molar-refractivity contribution in [3.8, 4) is 0 Å². The molecule has 0 amide bonds. The van der Waals surface area contributed by atoms with Crippen molar-refractivity contribution >= 4 is 23.0 Å². The number of pyridine rings is 1. The van der Waals surface area contributed by atoms with Crippen LogP contribution < -0.4 is 5.32 Å². The number of carbonyl (C=O) groups is 1. The third-order valence-corrected chi connectivity index (χ3v) is 3.17. The average Bonchev–Trinajstić information content (AvgIpc) is 2.90. The number of carboxylic acid groups (broad SMARTS) is 1. The Labute approximate surface area is 108 Å². The van der Waals surface area contributed by atoms with Gasteiger partial charge in [0, 0.05) is 18.9 Å². The molecule has 6 heteroatoms. The first-order valence-corrected chi connectivity index (χ1v) is 6.24. The van der Waals surface area contributed by atoms with Gasteiger partial charge in [0.05, 0.1) is 11.8 Å². The number of nitrogens with zero attached hydrogens (tertiary/aromatic N) is 1. The van der Waals surface area contributed by atoms with Crippen molar-refractivity contribution in [2.24, 2.45) is 0 Å². The molecule has 0 aliphatic heterocycles. The van der Waals surface area contributed by atoms with Crippen LogP contribution in [-0.4, -0.2) is 27.7 Å². The number of aromatic nitrogens is 1. The Kier molecular flexibility index (Phi) is 3.91. The summed E-state index contributed by atoms with van der Waals surface area (Å²) in [6.45, 7) is 0.251. The summed E-state index contributed by atoms with van der Waals surface area (Å²) < 4.78 is 0. The van der Waals surface area contributed by atoms with Crippen LogP contribution in [0.3, 0.4) is 0 Å². The fraction of sp³-hybridized carbons (Fsp3) is 0.167. The fourth-order valence-electron chi connectivity index (χ4n) is 1.51. The number of nitrogens with one attached hydrogen (secondary N) is 1. The number of hydrogen-bond donors (Lipinski definition) is 3. The lowest BCUT2D eigenvalue weighted by Crippen LogP contribution is -2.14. The van der Waals surface area contributed by atoms with Gasteiger partial charge in [0.2, 0.25) is 0 Å². The number of aromatic carboxylic acids is 1. The Morgan fingerprint density at radius 2 is 2.33 bits per heavy atom. The second-order valence-corrected chi connectivity index (χ2v) is 4.46. The molecule has 1 atom stereocenters. The molecule has 0 saturated heterocycles. The molecule has 18 heavy (non-hydrogen) atoms. The first-order chi connectivity index (χ1) is 8.68. The molecule has 94 valence electrons. The predicted molar refractivity (Wildman–Crippen MR) is 69.0 cm³/mol. The smallest absolute Gasteiger partial charge is 0.339 e. The maximum absolute atomic E-state index is 11.0. The summed E-state index contributed by atoms with van der Waals surface area (Å²) in [5.41, 5.74) is 1.36. The third-order valence-electron chi connectivity index (χ3n) is 2.47. The van der Waals surface area contributed by atoms with Crippen molar-refractivity contribution in [1.29, 1.82) is 0 Å². The zero-order valence-electron chi connectivity index (χ0n) is 9.41. The standard InChI is InChI=1S/C12H12N2O3S/c15-11(8-2-4-18-7-8)6-14-10-1-3-13-5-9(10)12(16)17/h1-5,7,11,15H,6H2,(H,13,14)(H,16,17). The van der Waals surface area contributed by atoms with Crippen molar-refractivity contribution in [2.75, 3.05) is 11.9 Å². The lowest BCUT2D eigenvalue weighted by atomic mass is 10.2. The summed E-state index contributed by atoms with van der Waals surface area (Å²) >= 11 is 1.51. The van der Waals surface area contributed by atoms with Gasteiger partial charge in [0.25, 0.3) is 0 Å². The highest BCUT2D eigenvalue weighted by molar-refractivity contribution is 7.07. The highest BCUT2D eigenvalue weighted by Crippen LogP contribution is 2.19. The lowest BCUT2D eigenvalue weighted by Gasteiger charge is -2.13. The van der Waals surface area contributed by atoms with Gasteiger partial charge in [-0.3, -0.25) is 4.98 Å². The lowest BCUT2D eigenvalue weighted by molar-refractivity contribution is 0.0697.